The number of aliphatic carboxylic acids is 1. The number of ether oxygens (including phenoxy) is 2. The van der Waals surface area contributed by atoms with Crippen molar-refractivity contribution < 1.29 is 29.0 Å². The lowest BCUT2D eigenvalue weighted by atomic mass is 10.1. The number of methoxy groups -OCH3 is 2. The molecule has 2 N–H and O–H groups in total. The first-order chi connectivity index (χ1) is 7.92. The molecule has 1 amide bonds. The van der Waals surface area contributed by atoms with Crippen LogP contribution < -0.4 is 5.32 Å². The van der Waals surface area contributed by atoms with Gasteiger partial charge >= 0.3 is 11.9 Å². The van der Waals surface area contributed by atoms with Gasteiger partial charge in [-0.05, 0) is 13.3 Å². The number of carboxylic acids is 1. The maximum Gasteiger partial charge on any atom is 0.326 e. The molecule has 0 aliphatic rings. The topological polar surface area (TPSA) is 102 Å². The molecule has 7 nitrogen and oxygen atoms in total. The number of carbonyl (C=O) groups is 3. The van der Waals surface area contributed by atoms with Crippen LogP contribution in [0.4, 0.5) is 0 Å². The van der Waals surface area contributed by atoms with Crippen LogP contribution in [0.15, 0.2) is 0 Å². The average molecular weight is 247 g/mol. The molecule has 0 saturated carbocycles. The van der Waals surface area contributed by atoms with Crippen molar-refractivity contribution in [2.75, 3.05) is 14.2 Å². The van der Waals surface area contributed by atoms with E-state index in [0.29, 0.717) is 0 Å². The molecule has 1 unspecified atom stereocenters. The maximum absolute atomic E-state index is 11.4. The van der Waals surface area contributed by atoms with E-state index in [9.17, 15) is 14.4 Å². The minimum atomic E-state index is -1.20. The molecule has 0 aliphatic heterocycles. The summed E-state index contributed by atoms with van der Waals surface area (Å²) in [5.41, 5.74) is 0. The predicted octanol–water partition coefficient (Wildman–Crippen LogP) is -0.456. The highest BCUT2D eigenvalue weighted by Crippen LogP contribution is 2.01. The van der Waals surface area contributed by atoms with Crippen molar-refractivity contribution in [2.45, 2.75) is 31.9 Å². The van der Waals surface area contributed by atoms with Crippen LogP contribution in [0.2, 0.25) is 0 Å². The number of hydrogen-bond acceptors (Lipinski definition) is 5. The van der Waals surface area contributed by atoms with Crippen LogP contribution in [0.5, 0.6) is 0 Å². The first-order valence-electron chi connectivity index (χ1n) is 5.05. The zero-order valence-electron chi connectivity index (χ0n) is 10.1. The molecule has 0 aliphatic carbocycles. The number of carbonyl (C=O) groups excluding carboxylic acids is 2. The van der Waals surface area contributed by atoms with Crippen molar-refractivity contribution in [1.82, 2.24) is 5.32 Å². The number of rotatable bonds is 7. The minimum Gasteiger partial charge on any atom is -0.480 e. The zero-order valence-corrected chi connectivity index (χ0v) is 10.1. The summed E-state index contributed by atoms with van der Waals surface area (Å²) in [4.78, 5) is 33.1. The van der Waals surface area contributed by atoms with E-state index in [1.54, 1.807) is 0 Å². The molecule has 0 aromatic heterocycles. The van der Waals surface area contributed by atoms with Crippen LogP contribution in [0.1, 0.15) is 19.8 Å². The molecule has 0 saturated heterocycles. The number of esters is 1. The van der Waals surface area contributed by atoms with Gasteiger partial charge in [0.05, 0.1) is 7.11 Å². The van der Waals surface area contributed by atoms with Gasteiger partial charge in [0, 0.05) is 13.5 Å². The summed E-state index contributed by atoms with van der Waals surface area (Å²) in [7, 11) is 2.55. The van der Waals surface area contributed by atoms with Crippen LogP contribution in [-0.2, 0) is 23.9 Å². The Morgan fingerprint density at radius 1 is 1.29 bits per heavy atom. The van der Waals surface area contributed by atoms with Crippen molar-refractivity contribution in [2.24, 2.45) is 0 Å². The molecule has 0 aromatic rings. The second-order valence-corrected chi connectivity index (χ2v) is 3.39. The first-order valence-corrected chi connectivity index (χ1v) is 5.05. The van der Waals surface area contributed by atoms with Crippen molar-refractivity contribution in [1.29, 1.82) is 0 Å². The highest BCUT2D eigenvalue weighted by atomic mass is 16.5. The molecule has 0 rings (SSSR count). The second-order valence-electron chi connectivity index (χ2n) is 3.39. The molecule has 7 heteroatoms. The molecule has 0 radical (unpaired) electrons. The Kier molecular flexibility index (Phi) is 6.88. The van der Waals surface area contributed by atoms with E-state index in [-0.39, 0.29) is 12.8 Å². The zero-order chi connectivity index (χ0) is 13.4. The van der Waals surface area contributed by atoms with Crippen molar-refractivity contribution in [3.63, 3.8) is 0 Å². The molecule has 2 atom stereocenters. The molecule has 0 spiro atoms. The van der Waals surface area contributed by atoms with Gasteiger partial charge in [-0.2, -0.15) is 0 Å². The highest BCUT2D eigenvalue weighted by Gasteiger charge is 2.23. The largest absolute Gasteiger partial charge is 0.480 e. The van der Waals surface area contributed by atoms with Crippen LogP contribution >= 0.6 is 0 Å². The Morgan fingerprint density at radius 3 is 2.29 bits per heavy atom. The molecule has 98 valence electrons. The highest BCUT2D eigenvalue weighted by molar-refractivity contribution is 5.86. The summed E-state index contributed by atoms with van der Waals surface area (Å²) in [6, 6.07) is -1.13. The van der Waals surface area contributed by atoms with Crippen LogP contribution in [-0.4, -0.2) is 49.3 Å². The molecular formula is C10H17NO6. The number of nitrogens with one attached hydrogen (secondary N) is 1. The average Bonchev–Trinajstić information content (AvgIpc) is 2.31. The fourth-order valence-electron chi connectivity index (χ4n) is 1.02. The molecule has 0 aromatic carbocycles. The van der Waals surface area contributed by atoms with Gasteiger partial charge < -0.3 is 19.9 Å². The van der Waals surface area contributed by atoms with E-state index in [2.05, 4.69) is 10.1 Å². The van der Waals surface area contributed by atoms with E-state index in [0.717, 1.165) is 0 Å². The van der Waals surface area contributed by atoms with E-state index >= 15 is 0 Å². The van der Waals surface area contributed by atoms with Crippen molar-refractivity contribution in [3.05, 3.63) is 0 Å². The number of amides is 1. The number of carboxylic acid groups (broad SMARTS) is 1. The molecule has 0 fully saturated rings. The van der Waals surface area contributed by atoms with E-state index in [1.165, 1.54) is 21.1 Å². The Morgan fingerprint density at radius 2 is 1.88 bits per heavy atom. The van der Waals surface area contributed by atoms with Gasteiger partial charge in [0.1, 0.15) is 12.1 Å². The summed E-state index contributed by atoms with van der Waals surface area (Å²) in [5, 5.41) is 11.1. The van der Waals surface area contributed by atoms with E-state index < -0.39 is 30.0 Å². The summed E-state index contributed by atoms with van der Waals surface area (Å²) in [5.74, 6) is -2.26. The molecule has 17 heavy (non-hydrogen) atoms. The summed E-state index contributed by atoms with van der Waals surface area (Å²) in [6.45, 7) is 1.49. The monoisotopic (exact) mass is 247 g/mol. The minimum absolute atomic E-state index is 0.0236. The van der Waals surface area contributed by atoms with Crippen LogP contribution in [0, 0.1) is 0 Å². The fraction of sp³-hybridized carbons (Fsp3) is 0.700. The predicted molar refractivity (Wildman–Crippen MR) is 57.3 cm³/mol. The maximum atomic E-state index is 11.4. The van der Waals surface area contributed by atoms with Gasteiger partial charge in [0.25, 0.3) is 0 Å². The van der Waals surface area contributed by atoms with Gasteiger partial charge in [-0.25, -0.2) is 4.79 Å². The third-order valence-electron chi connectivity index (χ3n) is 2.20. The fourth-order valence-corrected chi connectivity index (χ4v) is 1.02. The second kappa shape index (κ2) is 7.61. The van der Waals surface area contributed by atoms with Gasteiger partial charge in [-0.3, -0.25) is 9.59 Å². The molecular weight excluding hydrogens is 230 g/mol. The first kappa shape index (κ1) is 15.4. The smallest absolute Gasteiger partial charge is 0.326 e. The third-order valence-corrected chi connectivity index (χ3v) is 2.20. The quantitative estimate of drug-likeness (QED) is 0.590. The van der Waals surface area contributed by atoms with Gasteiger partial charge in [0.15, 0.2) is 0 Å². The Hall–Kier alpha value is -1.63. The lowest BCUT2D eigenvalue weighted by Gasteiger charge is -2.16. The Bertz CT molecular complexity index is 291. The van der Waals surface area contributed by atoms with Gasteiger partial charge in [-0.1, -0.05) is 0 Å². The molecule has 0 bridgehead atoms. The van der Waals surface area contributed by atoms with Crippen LogP contribution in [0.3, 0.4) is 0 Å². The van der Waals surface area contributed by atoms with Gasteiger partial charge in [0.2, 0.25) is 5.91 Å². The summed E-state index contributed by atoms with van der Waals surface area (Å²) in [6.07, 6.45) is -0.839. The number of hydrogen-bond donors (Lipinski definition) is 2. The Balaban J connectivity index is 4.30. The van der Waals surface area contributed by atoms with E-state index in [4.69, 9.17) is 9.84 Å². The van der Waals surface area contributed by atoms with Crippen LogP contribution in [0.25, 0.3) is 0 Å². The lowest BCUT2D eigenvalue weighted by molar-refractivity contribution is -0.145. The van der Waals surface area contributed by atoms with Crippen molar-refractivity contribution >= 4 is 17.8 Å². The van der Waals surface area contributed by atoms with Gasteiger partial charge in [-0.15, -0.1) is 0 Å². The third kappa shape index (κ3) is 5.86. The molecule has 0 heterocycles. The summed E-state index contributed by atoms with van der Waals surface area (Å²) < 4.78 is 9.13. The SMILES string of the molecule is COC(=O)CC[C@H](NC(=O)C(C)OC)C(=O)O. The normalized spacial score (nSPS) is 13.6. The standard InChI is InChI=1S/C10H17NO6/c1-6(16-2)9(13)11-7(10(14)15)4-5-8(12)17-3/h6-7H,4-5H2,1-3H3,(H,11,13)(H,14,15)/t6?,7-/m0/s1. The van der Waals surface area contributed by atoms with E-state index in [1.807, 2.05) is 0 Å². The lowest BCUT2D eigenvalue weighted by Crippen LogP contribution is -2.45. The Labute approximate surface area is 99.1 Å². The summed E-state index contributed by atoms with van der Waals surface area (Å²) >= 11 is 0. The van der Waals surface area contributed by atoms with Crippen molar-refractivity contribution in [3.8, 4) is 0 Å².